The number of methoxy groups -OCH3 is 2. The predicted molar refractivity (Wildman–Crippen MR) is 81.3 cm³/mol. The van der Waals surface area contributed by atoms with Gasteiger partial charge in [-0.3, -0.25) is 0 Å². The van der Waals surface area contributed by atoms with Crippen LogP contribution in [0, 0.1) is 11.6 Å². The van der Waals surface area contributed by atoms with E-state index in [2.05, 4.69) is 15.9 Å². The minimum absolute atomic E-state index is 0.229. The first-order chi connectivity index (χ1) is 9.97. The molecule has 2 aromatic carbocycles. The molecule has 0 fully saturated rings. The largest absolute Gasteiger partial charge is 0.493 e. The molecule has 2 nitrogen and oxygen atoms in total. The zero-order valence-corrected chi connectivity index (χ0v) is 13.6. The fourth-order valence-electron chi connectivity index (χ4n) is 1.91. The molecular formula is C15H12BrClF2O2. The quantitative estimate of drug-likeness (QED) is 0.692. The molecule has 1 unspecified atom stereocenters. The molecule has 1 atom stereocenters. The van der Waals surface area contributed by atoms with Crippen molar-refractivity contribution in [2.45, 2.75) is 5.38 Å². The molecule has 0 saturated heterocycles. The minimum atomic E-state index is -0.776. The highest BCUT2D eigenvalue weighted by molar-refractivity contribution is 9.10. The van der Waals surface area contributed by atoms with Gasteiger partial charge in [0.2, 0.25) is 0 Å². The summed E-state index contributed by atoms with van der Waals surface area (Å²) in [7, 11) is 2.88. The van der Waals surface area contributed by atoms with Gasteiger partial charge in [0.1, 0.15) is 11.6 Å². The van der Waals surface area contributed by atoms with Crippen molar-refractivity contribution in [2.75, 3.05) is 14.2 Å². The molecule has 2 rings (SSSR count). The van der Waals surface area contributed by atoms with E-state index in [1.165, 1.54) is 44.6 Å². The Kier molecular flexibility index (Phi) is 5.06. The van der Waals surface area contributed by atoms with Crippen molar-refractivity contribution in [1.29, 1.82) is 0 Å². The van der Waals surface area contributed by atoms with Crippen LogP contribution in [0.15, 0.2) is 34.8 Å². The summed E-state index contributed by atoms with van der Waals surface area (Å²) in [6, 6.07) is 6.98. The van der Waals surface area contributed by atoms with Crippen molar-refractivity contribution in [3.8, 4) is 11.5 Å². The highest BCUT2D eigenvalue weighted by atomic mass is 79.9. The summed E-state index contributed by atoms with van der Waals surface area (Å²) in [5, 5.41) is -0.776. The molecule has 112 valence electrons. The molecule has 0 bridgehead atoms. The van der Waals surface area contributed by atoms with Gasteiger partial charge < -0.3 is 9.47 Å². The normalized spacial score (nSPS) is 12.1. The fraction of sp³-hybridized carbons (Fsp3) is 0.200. The molecule has 0 saturated carbocycles. The Hall–Kier alpha value is -1.33. The topological polar surface area (TPSA) is 18.5 Å². The summed E-state index contributed by atoms with van der Waals surface area (Å²) in [4.78, 5) is 0. The van der Waals surface area contributed by atoms with Gasteiger partial charge in [-0.05, 0) is 39.7 Å². The van der Waals surface area contributed by atoms with Crippen LogP contribution in [0.4, 0.5) is 8.78 Å². The lowest BCUT2D eigenvalue weighted by atomic mass is 10.0. The lowest BCUT2D eigenvalue weighted by Gasteiger charge is -2.15. The maximum Gasteiger partial charge on any atom is 0.163 e. The van der Waals surface area contributed by atoms with Crippen LogP contribution in [0.1, 0.15) is 16.5 Å². The van der Waals surface area contributed by atoms with Gasteiger partial charge in [0.25, 0.3) is 0 Å². The van der Waals surface area contributed by atoms with E-state index in [1.54, 1.807) is 0 Å². The lowest BCUT2D eigenvalue weighted by Crippen LogP contribution is -2.00. The zero-order valence-electron chi connectivity index (χ0n) is 11.3. The van der Waals surface area contributed by atoms with E-state index in [1.807, 2.05) is 0 Å². The summed E-state index contributed by atoms with van der Waals surface area (Å²) in [5.41, 5.74) is 0.795. The van der Waals surface area contributed by atoms with Gasteiger partial charge in [-0.1, -0.05) is 6.07 Å². The number of halogens is 4. The Balaban J connectivity index is 2.47. The third-order valence-corrected chi connectivity index (χ3v) is 4.11. The van der Waals surface area contributed by atoms with Crippen LogP contribution in [0.2, 0.25) is 0 Å². The molecule has 21 heavy (non-hydrogen) atoms. The van der Waals surface area contributed by atoms with E-state index in [0.717, 1.165) is 0 Å². The van der Waals surface area contributed by atoms with Crippen molar-refractivity contribution in [2.24, 2.45) is 0 Å². The van der Waals surface area contributed by atoms with Crippen molar-refractivity contribution in [3.05, 3.63) is 57.6 Å². The maximum atomic E-state index is 14.2. The third kappa shape index (κ3) is 3.30. The van der Waals surface area contributed by atoms with Crippen LogP contribution in [0.5, 0.6) is 11.5 Å². The molecule has 0 aromatic heterocycles. The average Bonchev–Trinajstić information content (AvgIpc) is 2.49. The first-order valence-electron chi connectivity index (χ1n) is 5.98. The monoisotopic (exact) mass is 376 g/mol. The number of hydrogen-bond acceptors (Lipinski definition) is 2. The lowest BCUT2D eigenvalue weighted by molar-refractivity contribution is 0.351. The minimum Gasteiger partial charge on any atom is -0.493 e. The second-order valence-electron chi connectivity index (χ2n) is 4.26. The van der Waals surface area contributed by atoms with Gasteiger partial charge in [-0.2, -0.15) is 0 Å². The number of alkyl halides is 1. The maximum absolute atomic E-state index is 14.2. The van der Waals surface area contributed by atoms with Gasteiger partial charge in [-0.15, -0.1) is 11.6 Å². The predicted octanol–water partition coefficient (Wildman–Crippen LogP) is 5.07. The molecule has 2 aromatic rings. The smallest absolute Gasteiger partial charge is 0.163 e. The Bertz CT molecular complexity index is 664. The zero-order chi connectivity index (χ0) is 15.6. The highest BCUT2D eigenvalue weighted by Gasteiger charge is 2.20. The van der Waals surface area contributed by atoms with Crippen LogP contribution < -0.4 is 9.47 Å². The summed E-state index contributed by atoms with van der Waals surface area (Å²) in [5.74, 6) is -0.271. The van der Waals surface area contributed by atoms with Crippen molar-refractivity contribution in [1.82, 2.24) is 0 Å². The van der Waals surface area contributed by atoms with Crippen LogP contribution in [-0.4, -0.2) is 14.2 Å². The number of rotatable bonds is 4. The van der Waals surface area contributed by atoms with Crippen molar-refractivity contribution < 1.29 is 18.3 Å². The van der Waals surface area contributed by atoms with Gasteiger partial charge in [0.15, 0.2) is 11.5 Å². The average molecular weight is 378 g/mol. The van der Waals surface area contributed by atoms with Crippen LogP contribution in [0.25, 0.3) is 0 Å². The molecule has 0 radical (unpaired) electrons. The van der Waals surface area contributed by atoms with Gasteiger partial charge in [0, 0.05) is 11.6 Å². The summed E-state index contributed by atoms with van der Waals surface area (Å²) >= 11 is 9.39. The Morgan fingerprint density at radius 2 is 1.62 bits per heavy atom. The molecule has 0 N–H and O–H groups in total. The van der Waals surface area contributed by atoms with Crippen molar-refractivity contribution >= 4 is 27.5 Å². The molecular weight excluding hydrogens is 366 g/mol. The molecule has 0 aliphatic heterocycles. The van der Waals surface area contributed by atoms with Crippen LogP contribution in [-0.2, 0) is 0 Å². The molecule has 0 spiro atoms. The standard InChI is InChI=1S/C15H12BrClF2O2/c1-20-13-6-9(12(19)7-14(13)21-2)15(17)8-3-4-11(18)10(16)5-8/h3-7,15H,1-2H3. The Labute approximate surface area is 134 Å². The van der Waals surface area contributed by atoms with Gasteiger partial charge in [0.05, 0.1) is 24.1 Å². The van der Waals surface area contributed by atoms with E-state index in [9.17, 15) is 8.78 Å². The van der Waals surface area contributed by atoms with Gasteiger partial charge >= 0.3 is 0 Å². The van der Waals surface area contributed by atoms with Crippen LogP contribution in [0.3, 0.4) is 0 Å². The number of hydrogen-bond donors (Lipinski definition) is 0. The molecule has 0 aliphatic carbocycles. The second kappa shape index (κ2) is 6.62. The van der Waals surface area contributed by atoms with Gasteiger partial charge in [-0.25, -0.2) is 8.78 Å². The van der Waals surface area contributed by atoms with E-state index in [0.29, 0.717) is 11.3 Å². The fourth-order valence-corrected chi connectivity index (χ4v) is 2.61. The van der Waals surface area contributed by atoms with Crippen LogP contribution >= 0.6 is 27.5 Å². The molecule has 0 amide bonds. The van der Waals surface area contributed by atoms with Crippen molar-refractivity contribution in [3.63, 3.8) is 0 Å². The van der Waals surface area contributed by atoms with E-state index >= 15 is 0 Å². The number of ether oxygens (including phenoxy) is 2. The summed E-state index contributed by atoms with van der Waals surface area (Å²) < 4.78 is 37.9. The molecule has 0 heterocycles. The first-order valence-corrected chi connectivity index (χ1v) is 7.21. The molecule has 6 heteroatoms. The summed E-state index contributed by atoms with van der Waals surface area (Å²) in [6.45, 7) is 0. The molecule has 0 aliphatic rings. The van der Waals surface area contributed by atoms with E-state index in [-0.39, 0.29) is 15.8 Å². The first kappa shape index (κ1) is 16.0. The second-order valence-corrected chi connectivity index (χ2v) is 5.56. The van der Waals surface area contributed by atoms with E-state index < -0.39 is 17.0 Å². The van der Waals surface area contributed by atoms with E-state index in [4.69, 9.17) is 21.1 Å². The third-order valence-electron chi connectivity index (χ3n) is 3.01. The highest BCUT2D eigenvalue weighted by Crippen LogP contribution is 2.38. The Morgan fingerprint density at radius 3 is 2.19 bits per heavy atom. The summed E-state index contributed by atoms with van der Waals surface area (Å²) in [6.07, 6.45) is 0. The Morgan fingerprint density at radius 1 is 1.00 bits per heavy atom. The number of benzene rings is 2. The SMILES string of the molecule is COc1cc(F)c(C(Cl)c2ccc(F)c(Br)c2)cc1OC.